The summed E-state index contributed by atoms with van der Waals surface area (Å²) in [5.74, 6) is 0. The molecule has 14 heavy (non-hydrogen) atoms. The van der Waals surface area contributed by atoms with E-state index < -0.39 is 0 Å². The number of epoxide rings is 2. The molecular formula is C9H17ClN2O2. The van der Waals surface area contributed by atoms with Crippen LogP contribution < -0.4 is 17.3 Å². The molecule has 0 aromatic heterocycles. The van der Waals surface area contributed by atoms with Crippen LogP contribution in [0.25, 0.3) is 0 Å². The lowest BCUT2D eigenvalue weighted by Crippen LogP contribution is -3.11. The smallest absolute Gasteiger partial charge is 0.133 e. The van der Waals surface area contributed by atoms with Gasteiger partial charge in [0, 0.05) is 6.54 Å². The second-order valence-electron chi connectivity index (χ2n) is 4.35. The van der Waals surface area contributed by atoms with Crippen LogP contribution in [0.2, 0.25) is 0 Å². The molecule has 3 fully saturated rings. The van der Waals surface area contributed by atoms with Crippen LogP contribution in [0.1, 0.15) is 0 Å². The molecule has 5 heteroatoms. The first-order valence-electron chi connectivity index (χ1n) is 5.19. The van der Waals surface area contributed by atoms with E-state index in [1.807, 2.05) is 0 Å². The van der Waals surface area contributed by atoms with Gasteiger partial charge in [-0.25, -0.2) is 4.90 Å². The van der Waals surface area contributed by atoms with Crippen LogP contribution in [-0.2, 0) is 9.47 Å². The van der Waals surface area contributed by atoms with E-state index in [4.69, 9.17) is 9.47 Å². The van der Waals surface area contributed by atoms with Crippen LogP contribution in [-0.4, -0.2) is 63.2 Å². The summed E-state index contributed by atoms with van der Waals surface area (Å²) in [5.41, 5.74) is 0. The quantitative estimate of drug-likeness (QED) is 0.482. The van der Waals surface area contributed by atoms with Gasteiger partial charge in [0.2, 0.25) is 0 Å². The number of hydrogen-bond donors (Lipinski definition) is 1. The monoisotopic (exact) mass is 220 g/mol. The number of halogens is 1. The van der Waals surface area contributed by atoms with Crippen molar-refractivity contribution in [3.63, 3.8) is 0 Å². The summed E-state index contributed by atoms with van der Waals surface area (Å²) in [6.45, 7) is 8.05. The Morgan fingerprint density at radius 1 is 1.21 bits per heavy atom. The third kappa shape index (κ3) is 2.81. The number of nitrogens with one attached hydrogen (secondary N) is 1. The lowest BCUT2D eigenvalue weighted by Gasteiger charge is -2.13. The topological polar surface area (TPSA) is 32.7 Å². The lowest BCUT2D eigenvalue weighted by atomic mass is 10.4. The zero-order chi connectivity index (χ0) is 8.67. The van der Waals surface area contributed by atoms with Gasteiger partial charge in [-0.05, 0) is 0 Å². The maximum atomic E-state index is 5.24. The van der Waals surface area contributed by atoms with Gasteiger partial charge in [0.05, 0.1) is 32.4 Å². The van der Waals surface area contributed by atoms with Crippen LogP contribution in [0.5, 0.6) is 0 Å². The fraction of sp³-hybridized carbons (Fsp3) is 1.00. The number of rotatable bonds is 4. The number of nitrogens with zero attached hydrogens (tertiary/aromatic N) is 1. The average Bonchev–Trinajstić information content (AvgIpc) is 2.96. The third-order valence-electron chi connectivity index (χ3n) is 3.01. The number of ether oxygens (including phenoxy) is 2. The first-order chi connectivity index (χ1) is 6.40. The summed E-state index contributed by atoms with van der Waals surface area (Å²) in [4.78, 5) is 4.19. The van der Waals surface area contributed by atoms with Crippen LogP contribution in [0.3, 0.4) is 0 Å². The van der Waals surface area contributed by atoms with Crippen LogP contribution in [0, 0.1) is 0 Å². The molecule has 3 rings (SSSR count). The Labute approximate surface area is 90.5 Å². The summed E-state index contributed by atoms with van der Waals surface area (Å²) < 4.78 is 10.5. The van der Waals surface area contributed by atoms with Crippen molar-refractivity contribution >= 4 is 0 Å². The van der Waals surface area contributed by atoms with Gasteiger partial charge in [-0.15, -0.1) is 0 Å². The first-order valence-corrected chi connectivity index (χ1v) is 5.19. The van der Waals surface area contributed by atoms with E-state index in [0.29, 0.717) is 12.2 Å². The summed E-state index contributed by atoms with van der Waals surface area (Å²) in [5, 5.41) is 0. The summed E-state index contributed by atoms with van der Waals surface area (Å²) >= 11 is 0. The van der Waals surface area contributed by atoms with Crippen molar-refractivity contribution in [3.05, 3.63) is 0 Å². The predicted molar refractivity (Wildman–Crippen MR) is 46.6 cm³/mol. The zero-order valence-corrected chi connectivity index (χ0v) is 9.00. The Morgan fingerprint density at radius 2 is 1.93 bits per heavy atom. The molecule has 82 valence electrons. The van der Waals surface area contributed by atoms with Crippen molar-refractivity contribution in [2.45, 2.75) is 12.2 Å². The fourth-order valence-corrected chi connectivity index (χ4v) is 2.08. The van der Waals surface area contributed by atoms with Crippen LogP contribution >= 0.6 is 0 Å². The van der Waals surface area contributed by atoms with Crippen LogP contribution in [0.15, 0.2) is 0 Å². The molecule has 1 N–H and O–H groups in total. The minimum Gasteiger partial charge on any atom is -1.00 e. The molecule has 4 nitrogen and oxygen atoms in total. The molecule has 0 aromatic rings. The second kappa shape index (κ2) is 4.33. The Balaban J connectivity index is 0.000000750. The Kier molecular flexibility index (Phi) is 3.29. The molecule has 0 aliphatic carbocycles. The minimum absolute atomic E-state index is 0. The van der Waals surface area contributed by atoms with Gasteiger partial charge in [0.15, 0.2) is 0 Å². The van der Waals surface area contributed by atoms with E-state index in [1.54, 1.807) is 4.90 Å². The van der Waals surface area contributed by atoms with Gasteiger partial charge in [0.25, 0.3) is 0 Å². The molecule has 3 aliphatic heterocycles. The van der Waals surface area contributed by atoms with E-state index in [9.17, 15) is 0 Å². The molecule has 0 saturated carbocycles. The predicted octanol–water partition coefficient (Wildman–Crippen LogP) is -5.05. The van der Waals surface area contributed by atoms with E-state index >= 15 is 0 Å². The van der Waals surface area contributed by atoms with Gasteiger partial charge < -0.3 is 26.8 Å². The molecule has 3 unspecified atom stereocenters. The molecule has 3 saturated heterocycles. The highest BCUT2D eigenvalue weighted by Crippen LogP contribution is 2.10. The van der Waals surface area contributed by atoms with Gasteiger partial charge in [0.1, 0.15) is 19.3 Å². The molecule has 0 aromatic carbocycles. The standard InChI is InChI=1S/C9H16N2O2.ClH/c1-2-11(4-9-6-13-9)7-10(1)3-8-5-12-8;/h8-9H,1-7H2;1H. The summed E-state index contributed by atoms with van der Waals surface area (Å²) in [6.07, 6.45) is 1.13. The molecule has 3 atom stereocenters. The Hall–Kier alpha value is 0.130. The first kappa shape index (κ1) is 10.6. The van der Waals surface area contributed by atoms with E-state index in [0.717, 1.165) is 19.8 Å². The number of hydrogen-bond acceptors (Lipinski definition) is 3. The average molecular weight is 221 g/mol. The molecule has 0 bridgehead atoms. The normalized spacial score (nSPS) is 40.7. The van der Waals surface area contributed by atoms with E-state index in [1.165, 1.54) is 26.3 Å². The molecule has 0 spiro atoms. The highest BCUT2D eigenvalue weighted by molar-refractivity contribution is 4.75. The highest BCUT2D eigenvalue weighted by Gasteiger charge is 2.34. The largest absolute Gasteiger partial charge is 1.00 e. The van der Waals surface area contributed by atoms with Crippen molar-refractivity contribution in [1.29, 1.82) is 0 Å². The number of quaternary nitrogens is 1. The molecule has 3 aliphatic rings. The van der Waals surface area contributed by atoms with Crippen molar-refractivity contribution < 1.29 is 26.8 Å². The third-order valence-corrected chi connectivity index (χ3v) is 3.01. The fourth-order valence-electron chi connectivity index (χ4n) is 2.08. The van der Waals surface area contributed by atoms with Crippen molar-refractivity contribution in [2.75, 3.05) is 46.1 Å². The molecule has 3 heterocycles. The Morgan fingerprint density at radius 3 is 2.57 bits per heavy atom. The van der Waals surface area contributed by atoms with E-state index in [2.05, 4.69) is 4.90 Å². The molecule has 0 radical (unpaired) electrons. The van der Waals surface area contributed by atoms with Gasteiger partial charge in [-0.2, -0.15) is 0 Å². The van der Waals surface area contributed by atoms with Gasteiger partial charge in [-0.1, -0.05) is 0 Å². The van der Waals surface area contributed by atoms with Crippen molar-refractivity contribution in [1.82, 2.24) is 4.90 Å². The maximum Gasteiger partial charge on any atom is 0.133 e. The molecular weight excluding hydrogens is 204 g/mol. The summed E-state index contributed by atoms with van der Waals surface area (Å²) in [7, 11) is 0. The van der Waals surface area contributed by atoms with Crippen molar-refractivity contribution in [3.8, 4) is 0 Å². The van der Waals surface area contributed by atoms with E-state index in [-0.39, 0.29) is 12.4 Å². The second-order valence-corrected chi connectivity index (χ2v) is 4.35. The summed E-state index contributed by atoms with van der Waals surface area (Å²) in [6, 6.07) is 0. The maximum absolute atomic E-state index is 5.24. The molecule has 0 amide bonds. The zero-order valence-electron chi connectivity index (χ0n) is 8.25. The van der Waals surface area contributed by atoms with Crippen LogP contribution in [0.4, 0.5) is 0 Å². The van der Waals surface area contributed by atoms with Crippen molar-refractivity contribution in [2.24, 2.45) is 0 Å². The van der Waals surface area contributed by atoms with Gasteiger partial charge in [-0.3, -0.25) is 0 Å². The highest BCUT2D eigenvalue weighted by atomic mass is 35.5. The SMILES string of the molecule is C1OC1CN1CC[NH+](CC2CO2)C1.[Cl-]. The Bertz CT molecular complexity index is 177. The minimum atomic E-state index is 0. The van der Waals surface area contributed by atoms with Gasteiger partial charge >= 0.3 is 0 Å². The lowest BCUT2D eigenvalue weighted by molar-refractivity contribution is -0.892.